The summed E-state index contributed by atoms with van der Waals surface area (Å²) in [5.41, 5.74) is 3.86. The lowest BCUT2D eigenvalue weighted by Crippen LogP contribution is -2.23. The van der Waals surface area contributed by atoms with Gasteiger partial charge in [-0.05, 0) is 43.3 Å². The van der Waals surface area contributed by atoms with E-state index in [4.69, 9.17) is 9.57 Å². The van der Waals surface area contributed by atoms with Crippen LogP contribution in [0.25, 0.3) is 10.2 Å². The molecule has 1 N–H and O–H groups in total. The maximum atomic E-state index is 11.7. The Morgan fingerprint density at radius 1 is 1.17 bits per heavy atom. The van der Waals surface area contributed by atoms with Gasteiger partial charge in [-0.1, -0.05) is 12.1 Å². The standard InChI is InChI=1S/C17H16N2O3S/c1-2-22-19-17(20)12-7-9-13(10-8-12)21-11-16-18-14-5-3-4-6-15(14)23-16/h3-10H,2,11H2,1H3,(H,19,20). The number of aromatic nitrogens is 1. The molecule has 0 aliphatic rings. The first-order valence-corrected chi connectivity index (χ1v) is 8.07. The van der Waals surface area contributed by atoms with E-state index >= 15 is 0 Å². The fraction of sp³-hybridized carbons (Fsp3) is 0.176. The van der Waals surface area contributed by atoms with Crippen molar-refractivity contribution in [1.29, 1.82) is 0 Å². The maximum absolute atomic E-state index is 11.7. The molecule has 1 heterocycles. The van der Waals surface area contributed by atoms with Gasteiger partial charge in [0, 0.05) is 5.56 Å². The van der Waals surface area contributed by atoms with Crippen molar-refractivity contribution in [2.75, 3.05) is 6.61 Å². The van der Waals surface area contributed by atoms with Crippen molar-refractivity contribution < 1.29 is 14.4 Å². The topological polar surface area (TPSA) is 60.5 Å². The second-order valence-electron chi connectivity index (χ2n) is 4.75. The molecule has 0 atom stereocenters. The monoisotopic (exact) mass is 328 g/mol. The molecule has 118 valence electrons. The highest BCUT2D eigenvalue weighted by atomic mass is 32.1. The van der Waals surface area contributed by atoms with E-state index in [0.29, 0.717) is 24.5 Å². The molecular weight excluding hydrogens is 312 g/mol. The Bertz CT molecular complexity index is 766. The zero-order valence-corrected chi connectivity index (χ0v) is 13.4. The largest absolute Gasteiger partial charge is 0.486 e. The van der Waals surface area contributed by atoms with Crippen LogP contribution in [0.2, 0.25) is 0 Å². The summed E-state index contributed by atoms with van der Waals surface area (Å²) in [7, 11) is 0. The lowest BCUT2D eigenvalue weighted by Gasteiger charge is -2.06. The fourth-order valence-corrected chi connectivity index (χ4v) is 2.91. The summed E-state index contributed by atoms with van der Waals surface area (Å²) in [5, 5.41) is 0.921. The van der Waals surface area contributed by atoms with Gasteiger partial charge in [-0.25, -0.2) is 10.5 Å². The Hall–Kier alpha value is -2.44. The summed E-state index contributed by atoms with van der Waals surface area (Å²) in [4.78, 5) is 21.1. The summed E-state index contributed by atoms with van der Waals surface area (Å²) < 4.78 is 6.87. The third-order valence-corrected chi connectivity index (χ3v) is 4.14. The number of nitrogens with zero attached hydrogens (tertiary/aromatic N) is 1. The molecule has 0 saturated carbocycles. The Balaban J connectivity index is 1.61. The highest BCUT2D eigenvalue weighted by molar-refractivity contribution is 7.18. The molecule has 0 radical (unpaired) electrons. The van der Waals surface area contributed by atoms with Crippen molar-refractivity contribution in [3.8, 4) is 5.75 Å². The minimum absolute atomic E-state index is 0.274. The van der Waals surface area contributed by atoms with Crippen LogP contribution < -0.4 is 10.2 Å². The second kappa shape index (κ2) is 7.21. The third kappa shape index (κ3) is 3.85. The van der Waals surface area contributed by atoms with E-state index in [1.165, 1.54) is 0 Å². The lowest BCUT2D eigenvalue weighted by molar-refractivity contribution is 0.0364. The van der Waals surface area contributed by atoms with Crippen molar-refractivity contribution in [2.24, 2.45) is 0 Å². The SMILES string of the molecule is CCONC(=O)c1ccc(OCc2nc3ccccc3s2)cc1. The van der Waals surface area contributed by atoms with Crippen LogP contribution in [-0.2, 0) is 11.4 Å². The van der Waals surface area contributed by atoms with E-state index in [1.54, 1.807) is 42.5 Å². The molecule has 0 aliphatic heterocycles. The first kappa shape index (κ1) is 15.5. The van der Waals surface area contributed by atoms with Crippen LogP contribution in [0.3, 0.4) is 0 Å². The van der Waals surface area contributed by atoms with E-state index in [0.717, 1.165) is 15.2 Å². The molecule has 1 aromatic heterocycles. The molecule has 1 amide bonds. The van der Waals surface area contributed by atoms with Crippen LogP contribution in [-0.4, -0.2) is 17.5 Å². The molecule has 0 aliphatic carbocycles. The predicted molar refractivity (Wildman–Crippen MR) is 89.5 cm³/mol. The van der Waals surface area contributed by atoms with Crippen LogP contribution in [0.1, 0.15) is 22.3 Å². The lowest BCUT2D eigenvalue weighted by atomic mass is 10.2. The molecular formula is C17H16N2O3S. The van der Waals surface area contributed by atoms with Gasteiger partial charge in [-0.3, -0.25) is 9.63 Å². The number of benzene rings is 2. The first-order chi connectivity index (χ1) is 11.3. The van der Waals surface area contributed by atoms with Gasteiger partial charge in [0.15, 0.2) is 0 Å². The zero-order valence-electron chi connectivity index (χ0n) is 12.6. The minimum Gasteiger partial charge on any atom is -0.486 e. The summed E-state index contributed by atoms with van der Waals surface area (Å²) in [5.74, 6) is 0.418. The second-order valence-corrected chi connectivity index (χ2v) is 5.87. The van der Waals surface area contributed by atoms with Gasteiger partial charge in [0.25, 0.3) is 5.91 Å². The molecule has 0 bridgehead atoms. The van der Waals surface area contributed by atoms with Crippen molar-refractivity contribution >= 4 is 27.5 Å². The van der Waals surface area contributed by atoms with Crippen molar-refractivity contribution in [3.63, 3.8) is 0 Å². The number of carbonyl (C=O) groups is 1. The van der Waals surface area contributed by atoms with Gasteiger partial charge in [-0.15, -0.1) is 11.3 Å². The quantitative estimate of drug-likeness (QED) is 0.703. The van der Waals surface area contributed by atoms with Crippen molar-refractivity contribution in [3.05, 3.63) is 59.1 Å². The summed E-state index contributed by atoms with van der Waals surface area (Å²) >= 11 is 1.62. The average Bonchev–Trinajstić information content (AvgIpc) is 3.01. The van der Waals surface area contributed by atoms with Crippen molar-refractivity contribution in [2.45, 2.75) is 13.5 Å². The normalized spacial score (nSPS) is 10.7. The minimum atomic E-state index is -0.274. The average molecular weight is 328 g/mol. The van der Waals surface area contributed by atoms with E-state index in [-0.39, 0.29) is 5.91 Å². The predicted octanol–water partition coefficient (Wildman–Crippen LogP) is 3.56. The number of hydroxylamine groups is 1. The Kier molecular flexibility index (Phi) is 4.85. The molecule has 5 nitrogen and oxygen atoms in total. The zero-order chi connectivity index (χ0) is 16.1. The van der Waals surface area contributed by atoms with Gasteiger partial charge in [0.2, 0.25) is 0 Å². The molecule has 0 saturated heterocycles. The number of fused-ring (bicyclic) bond motifs is 1. The van der Waals surface area contributed by atoms with E-state index in [1.807, 2.05) is 24.3 Å². The van der Waals surface area contributed by atoms with Crippen LogP contribution >= 0.6 is 11.3 Å². The maximum Gasteiger partial charge on any atom is 0.274 e. The van der Waals surface area contributed by atoms with Gasteiger partial charge in [-0.2, -0.15) is 0 Å². The van der Waals surface area contributed by atoms with E-state index in [2.05, 4.69) is 10.5 Å². The van der Waals surface area contributed by atoms with E-state index < -0.39 is 0 Å². The van der Waals surface area contributed by atoms with Gasteiger partial charge >= 0.3 is 0 Å². The van der Waals surface area contributed by atoms with Gasteiger partial charge in [0.1, 0.15) is 17.4 Å². The fourth-order valence-electron chi connectivity index (χ4n) is 2.03. The van der Waals surface area contributed by atoms with Gasteiger partial charge < -0.3 is 4.74 Å². The number of hydrogen-bond acceptors (Lipinski definition) is 5. The summed E-state index contributed by atoms with van der Waals surface area (Å²) in [6.45, 7) is 2.64. The molecule has 3 aromatic rings. The smallest absolute Gasteiger partial charge is 0.274 e. The number of para-hydroxylation sites is 1. The number of ether oxygens (including phenoxy) is 1. The van der Waals surface area contributed by atoms with Crippen molar-refractivity contribution in [1.82, 2.24) is 10.5 Å². The number of rotatable bonds is 6. The molecule has 0 spiro atoms. The Labute approximate surface area is 137 Å². The Morgan fingerprint density at radius 3 is 2.70 bits per heavy atom. The van der Waals surface area contributed by atoms with Crippen LogP contribution in [0, 0.1) is 0 Å². The first-order valence-electron chi connectivity index (χ1n) is 7.25. The molecule has 3 rings (SSSR count). The number of thiazole rings is 1. The van der Waals surface area contributed by atoms with Crippen LogP contribution in [0.4, 0.5) is 0 Å². The number of amides is 1. The molecule has 0 fully saturated rings. The highest BCUT2D eigenvalue weighted by Gasteiger charge is 2.07. The molecule has 23 heavy (non-hydrogen) atoms. The number of nitrogens with one attached hydrogen (secondary N) is 1. The summed E-state index contributed by atoms with van der Waals surface area (Å²) in [6.07, 6.45) is 0. The van der Waals surface area contributed by atoms with Gasteiger partial charge in [0.05, 0.1) is 16.8 Å². The molecule has 2 aromatic carbocycles. The number of hydrogen-bond donors (Lipinski definition) is 1. The third-order valence-electron chi connectivity index (χ3n) is 3.13. The summed E-state index contributed by atoms with van der Waals surface area (Å²) in [6, 6.07) is 14.9. The number of carbonyl (C=O) groups excluding carboxylic acids is 1. The highest BCUT2D eigenvalue weighted by Crippen LogP contribution is 2.23. The Morgan fingerprint density at radius 2 is 1.96 bits per heavy atom. The molecule has 0 unspecified atom stereocenters. The molecule has 6 heteroatoms. The van der Waals surface area contributed by atoms with Crippen LogP contribution in [0.5, 0.6) is 5.75 Å². The van der Waals surface area contributed by atoms with E-state index in [9.17, 15) is 4.79 Å². The van der Waals surface area contributed by atoms with Crippen LogP contribution in [0.15, 0.2) is 48.5 Å².